The summed E-state index contributed by atoms with van der Waals surface area (Å²) in [6.07, 6.45) is 1.54. The van der Waals surface area contributed by atoms with Gasteiger partial charge in [-0.15, -0.1) is 6.58 Å². The Morgan fingerprint density at radius 1 is 1.12 bits per heavy atom. The van der Waals surface area contributed by atoms with Crippen LogP contribution >= 0.6 is 0 Å². The third kappa shape index (κ3) is 3.97. The molecule has 0 spiro atoms. The molecule has 1 heterocycles. The van der Waals surface area contributed by atoms with Crippen LogP contribution in [0.15, 0.2) is 60.0 Å². The first kappa shape index (κ1) is 17.8. The Hall–Kier alpha value is -3.00. The van der Waals surface area contributed by atoms with Crippen LogP contribution in [0.4, 0.5) is 5.69 Å². The number of amides is 1. The molecule has 0 radical (unpaired) electrons. The van der Waals surface area contributed by atoms with E-state index in [1.807, 2.05) is 0 Å². The van der Waals surface area contributed by atoms with Crippen molar-refractivity contribution >= 4 is 21.6 Å². The van der Waals surface area contributed by atoms with Crippen molar-refractivity contribution < 1.29 is 22.7 Å². The summed E-state index contributed by atoms with van der Waals surface area (Å²) in [5.41, 5.74) is 0.590. The molecule has 2 aromatic carbocycles. The van der Waals surface area contributed by atoms with Gasteiger partial charge in [0.1, 0.15) is 13.2 Å². The van der Waals surface area contributed by atoms with E-state index in [1.54, 1.807) is 30.3 Å². The lowest BCUT2D eigenvalue weighted by molar-refractivity contribution is 0.0958. The van der Waals surface area contributed by atoms with E-state index in [1.165, 1.54) is 18.2 Å². The van der Waals surface area contributed by atoms with Crippen LogP contribution in [0.3, 0.4) is 0 Å². The van der Waals surface area contributed by atoms with Crippen molar-refractivity contribution in [3.05, 3.63) is 60.7 Å². The average Bonchev–Trinajstić information content (AvgIpc) is 2.66. The second kappa shape index (κ2) is 7.49. The van der Waals surface area contributed by atoms with Crippen LogP contribution in [0.5, 0.6) is 11.5 Å². The predicted molar refractivity (Wildman–Crippen MR) is 97.2 cm³/mol. The van der Waals surface area contributed by atoms with Crippen LogP contribution in [0.25, 0.3) is 0 Å². The molecule has 1 aliphatic heterocycles. The summed E-state index contributed by atoms with van der Waals surface area (Å²) >= 11 is 0. The zero-order chi connectivity index (χ0) is 18.6. The molecule has 1 amide bonds. The predicted octanol–water partition coefficient (Wildman–Crippen LogP) is 2.17. The summed E-state index contributed by atoms with van der Waals surface area (Å²) < 4.78 is 38.6. The van der Waals surface area contributed by atoms with Gasteiger partial charge in [0, 0.05) is 18.2 Å². The van der Waals surface area contributed by atoms with E-state index in [9.17, 15) is 13.2 Å². The van der Waals surface area contributed by atoms with Crippen molar-refractivity contribution in [2.45, 2.75) is 4.90 Å². The fraction of sp³-hybridized carbons (Fsp3) is 0.167. The van der Waals surface area contributed by atoms with E-state index < -0.39 is 10.0 Å². The summed E-state index contributed by atoms with van der Waals surface area (Å²) in [7, 11) is -3.86. The second-order valence-electron chi connectivity index (χ2n) is 5.49. The van der Waals surface area contributed by atoms with Gasteiger partial charge in [0.15, 0.2) is 11.5 Å². The number of anilines is 1. The monoisotopic (exact) mass is 374 g/mol. The number of carbonyl (C=O) groups is 1. The third-order valence-corrected chi connectivity index (χ3v) is 4.99. The van der Waals surface area contributed by atoms with Crippen LogP contribution in [0.1, 0.15) is 10.4 Å². The van der Waals surface area contributed by atoms with Crippen molar-refractivity contribution in [2.75, 3.05) is 24.5 Å². The van der Waals surface area contributed by atoms with Crippen LogP contribution in [0, 0.1) is 0 Å². The number of nitrogens with one attached hydrogen (secondary N) is 2. The van der Waals surface area contributed by atoms with Gasteiger partial charge in [-0.3, -0.25) is 9.52 Å². The molecule has 7 nitrogen and oxygen atoms in total. The summed E-state index contributed by atoms with van der Waals surface area (Å²) in [4.78, 5) is 12.0. The molecule has 2 N–H and O–H groups in total. The number of benzene rings is 2. The molecule has 0 saturated heterocycles. The molecule has 0 atom stereocenters. The lowest BCUT2D eigenvalue weighted by atomic mass is 10.2. The highest BCUT2D eigenvalue weighted by Gasteiger charge is 2.18. The van der Waals surface area contributed by atoms with Gasteiger partial charge in [-0.2, -0.15) is 0 Å². The number of rotatable bonds is 6. The zero-order valence-corrected chi connectivity index (χ0v) is 14.7. The minimum absolute atomic E-state index is 0.0151. The van der Waals surface area contributed by atoms with Gasteiger partial charge in [-0.25, -0.2) is 8.42 Å². The summed E-state index contributed by atoms with van der Waals surface area (Å²) in [5.74, 6) is 0.676. The molecule has 0 unspecified atom stereocenters. The number of ether oxygens (including phenoxy) is 2. The molecule has 0 bridgehead atoms. The Labute approximate surface area is 151 Å². The first-order chi connectivity index (χ1) is 12.5. The highest BCUT2D eigenvalue weighted by Crippen LogP contribution is 2.33. The van der Waals surface area contributed by atoms with E-state index in [0.29, 0.717) is 36.9 Å². The van der Waals surface area contributed by atoms with Crippen molar-refractivity contribution in [3.8, 4) is 11.5 Å². The minimum atomic E-state index is -3.86. The van der Waals surface area contributed by atoms with Gasteiger partial charge in [-0.1, -0.05) is 12.1 Å². The Kier molecular flexibility index (Phi) is 5.13. The standard InChI is InChI=1S/C18H18N2O5S/c1-2-8-19-18(21)13-4-3-5-15(11-13)26(22,23)20-14-6-7-16-17(12-14)25-10-9-24-16/h2-7,11-12,20H,1,8-10H2,(H,19,21). The number of carbonyl (C=O) groups excluding carboxylic acids is 1. The van der Waals surface area contributed by atoms with Gasteiger partial charge >= 0.3 is 0 Å². The van der Waals surface area contributed by atoms with E-state index in [4.69, 9.17) is 9.47 Å². The lowest BCUT2D eigenvalue weighted by Gasteiger charge is -2.19. The van der Waals surface area contributed by atoms with Gasteiger partial charge in [-0.05, 0) is 30.3 Å². The van der Waals surface area contributed by atoms with Crippen molar-refractivity contribution in [1.82, 2.24) is 5.32 Å². The highest BCUT2D eigenvalue weighted by molar-refractivity contribution is 7.92. The molecule has 26 heavy (non-hydrogen) atoms. The number of hydrogen-bond donors (Lipinski definition) is 2. The first-order valence-electron chi connectivity index (χ1n) is 7.91. The quantitative estimate of drug-likeness (QED) is 0.756. The molecule has 0 aliphatic carbocycles. The average molecular weight is 374 g/mol. The van der Waals surface area contributed by atoms with Gasteiger partial charge in [0.05, 0.1) is 10.6 Å². The maximum atomic E-state index is 12.6. The molecule has 3 rings (SSSR count). The molecule has 136 valence electrons. The van der Waals surface area contributed by atoms with Crippen molar-refractivity contribution in [3.63, 3.8) is 0 Å². The third-order valence-electron chi connectivity index (χ3n) is 3.61. The van der Waals surface area contributed by atoms with E-state index in [2.05, 4.69) is 16.6 Å². The summed E-state index contributed by atoms with van der Waals surface area (Å²) in [5, 5.41) is 2.61. The fourth-order valence-electron chi connectivity index (χ4n) is 2.39. The largest absolute Gasteiger partial charge is 0.486 e. The SMILES string of the molecule is C=CCNC(=O)c1cccc(S(=O)(=O)Nc2ccc3c(c2)OCCO3)c1. The van der Waals surface area contributed by atoms with E-state index in [-0.39, 0.29) is 16.4 Å². The van der Waals surface area contributed by atoms with Crippen LogP contribution in [-0.2, 0) is 10.0 Å². The van der Waals surface area contributed by atoms with Gasteiger partial charge < -0.3 is 14.8 Å². The highest BCUT2D eigenvalue weighted by atomic mass is 32.2. The van der Waals surface area contributed by atoms with Crippen LogP contribution in [-0.4, -0.2) is 34.1 Å². The smallest absolute Gasteiger partial charge is 0.261 e. The van der Waals surface area contributed by atoms with Gasteiger partial charge in [0.25, 0.3) is 15.9 Å². The Balaban J connectivity index is 1.82. The minimum Gasteiger partial charge on any atom is -0.486 e. The van der Waals surface area contributed by atoms with Crippen molar-refractivity contribution in [2.24, 2.45) is 0 Å². The number of sulfonamides is 1. The Bertz CT molecular complexity index is 940. The summed E-state index contributed by atoms with van der Waals surface area (Å²) in [6, 6.07) is 10.6. The summed E-state index contributed by atoms with van der Waals surface area (Å²) in [6.45, 7) is 4.68. The first-order valence-corrected chi connectivity index (χ1v) is 9.39. The maximum Gasteiger partial charge on any atom is 0.261 e. The molecule has 0 aromatic heterocycles. The molecule has 0 saturated carbocycles. The maximum absolute atomic E-state index is 12.6. The van der Waals surface area contributed by atoms with E-state index >= 15 is 0 Å². The van der Waals surface area contributed by atoms with Crippen LogP contribution < -0.4 is 19.5 Å². The van der Waals surface area contributed by atoms with E-state index in [0.717, 1.165) is 0 Å². The number of fused-ring (bicyclic) bond motifs is 1. The molecule has 1 aliphatic rings. The Morgan fingerprint density at radius 2 is 1.88 bits per heavy atom. The molecule has 2 aromatic rings. The second-order valence-corrected chi connectivity index (χ2v) is 7.17. The fourth-order valence-corrected chi connectivity index (χ4v) is 3.49. The number of hydrogen-bond acceptors (Lipinski definition) is 5. The Morgan fingerprint density at radius 3 is 2.65 bits per heavy atom. The molecular weight excluding hydrogens is 356 g/mol. The topological polar surface area (TPSA) is 93.7 Å². The molecule has 0 fully saturated rings. The lowest BCUT2D eigenvalue weighted by Crippen LogP contribution is -2.23. The molecular formula is C18H18N2O5S. The zero-order valence-electron chi connectivity index (χ0n) is 13.9. The van der Waals surface area contributed by atoms with Crippen molar-refractivity contribution in [1.29, 1.82) is 0 Å². The van der Waals surface area contributed by atoms with Gasteiger partial charge in [0.2, 0.25) is 0 Å². The van der Waals surface area contributed by atoms with Crippen LogP contribution in [0.2, 0.25) is 0 Å². The molecule has 8 heteroatoms. The normalized spacial score (nSPS) is 12.9.